The third kappa shape index (κ3) is 2.48. The van der Waals surface area contributed by atoms with E-state index in [1.807, 2.05) is 38.1 Å². The van der Waals surface area contributed by atoms with E-state index in [1.54, 1.807) is 0 Å². The summed E-state index contributed by atoms with van der Waals surface area (Å²) < 4.78 is 31.7. The Morgan fingerprint density at radius 2 is 1.78 bits per heavy atom. The Balaban J connectivity index is 2.14. The lowest BCUT2D eigenvalue weighted by molar-refractivity contribution is -0.123. The molecule has 0 amide bonds. The normalized spacial score (nSPS) is 20.6. The van der Waals surface area contributed by atoms with Crippen LogP contribution in [0.25, 0.3) is 0 Å². The van der Waals surface area contributed by atoms with E-state index in [4.69, 9.17) is 10.5 Å². The van der Waals surface area contributed by atoms with Crippen LogP contribution in [0.2, 0.25) is 0 Å². The minimum Gasteiger partial charge on any atom is -0.491 e. The van der Waals surface area contributed by atoms with Gasteiger partial charge in [-0.1, -0.05) is 12.1 Å². The number of rotatable bonds is 4. The van der Waals surface area contributed by atoms with Gasteiger partial charge in [0, 0.05) is 24.8 Å². The highest BCUT2D eigenvalue weighted by Crippen LogP contribution is 2.52. The molecular weight excluding hydrogens is 236 g/mol. The maximum Gasteiger partial charge on any atom is 0.250 e. The van der Waals surface area contributed by atoms with Crippen LogP contribution in [0.4, 0.5) is 8.78 Å². The maximum atomic E-state index is 13.1. The van der Waals surface area contributed by atoms with Crippen LogP contribution in [0.5, 0.6) is 5.75 Å². The lowest BCUT2D eigenvalue weighted by atomic mass is 9.62. The van der Waals surface area contributed by atoms with Crippen molar-refractivity contribution in [2.75, 3.05) is 6.54 Å². The van der Waals surface area contributed by atoms with E-state index in [2.05, 4.69) is 0 Å². The molecule has 0 heterocycles. The molecule has 2 N–H and O–H groups in total. The number of alkyl halides is 2. The van der Waals surface area contributed by atoms with Crippen molar-refractivity contribution in [1.29, 1.82) is 0 Å². The number of benzene rings is 1. The minimum atomic E-state index is -2.56. The van der Waals surface area contributed by atoms with Gasteiger partial charge >= 0.3 is 0 Å². The lowest BCUT2D eigenvalue weighted by Crippen LogP contribution is -2.53. The molecule has 100 valence electrons. The van der Waals surface area contributed by atoms with Crippen LogP contribution in [-0.4, -0.2) is 18.6 Å². The molecule has 4 heteroatoms. The van der Waals surface area contributed by atoms with Crippen LogP contribution in [-0.2, 0) is 5.41 Å². The molecule has 2 nitrogen and oxygen atoms in total. The number of halogens is 2. The summed E-state index contributed by atoms with van der Waals surface area (Å²) >= 11 is 0. The van der Waals surface area contributed by atoms with Crippen LogP contribution in [0.3, 0.4) is 0 Å². The fraction of sp³-hybridized carbons (Fsp3) is 0.571. The Hall–Kier alpha value is -1.16. The summed E-state index contributed by atoms with van der Waals surface area (Å²) in [4.78, 5) is 0. The Kier molecular flexibility index (Phi) is 3.32. The zero-order valence-electron chi connectivity index (χ0n) is 10.7. The summed E-state index contributed by atoms with van der Waals surface area (Å²) in [7, 11) is 0. The number of hydrogen-bond donors (Lipinski definition) is 1. The molecule has 1 aliphatic carbocycles. The fourth-order valence-corrected chi connectivity index (χ4v) is 2.56. The van der Waals surface area contributed by atoms with Gasteiger partial charge in [0.05, 0.1) is 6.10 Å². The second-order valence-electron chi connectivity index (χ2n) is 5.38. The molecule has 0 spiro atoms. The van der Waals surface area contributed by atoms with Gasteiger partial charge in [0.1, 0.15) is 5.75 Å². The molecule has 2 rings (SSSR count). The SMILES string of the molecule is CC(C)Oc1ccc(C2(CN)CC(F)(F)C2)cc1. The van der Waals surface area contributed by atoms with E-state index in [-0.39, 0.29) is 25.5 Å². The molecule has 0 bridgehead atoms. The fourth-order valence-electron chi connectivity index (χ4n) is 2.56. The minimum absolute atomic E-state index is 0.104. The second kappa shape index (κ2) is 4.50. The quantitative estimate of drug-likeness (QED) is 0.897. The van der Waals surface area contributed by atoms with Gasteiger partial charge in [0.15, 0.2) is 0 Å². The summed E-state index contributed by atoms with van der Waals surface area (Å²) in [6, 6.07) is 7.34. The molecular formula is C14H19F2NO. The molecule has 1 aromatic carbocycles. The molecule has 0 saturated heterocycles. The lowest BCUT2D eigenvalue weighted by Gasteiger charge is -2.47. The molecule has 1 fully saturated rings. The van der Waals surface area contributed by atoms with E-state index >= 15 is 0 Å². The van der Waals surface area contributed by atoms with Crippen LogP contribution >= 0.6 is 0 Å². The van der Waals surface area contributed by atoms with Gasteiger partial charge in [-0.05, 0) is 31.5 Å². The summed E-state index contributed by atoms with van der Waals surface area (Å²) in [5, 5.41) is 0. The van der Waals surface area contributed by atoms with Gasteiger partial charge in [-0.3, -0.25) is 0 Å². The summed E-state index contributed by atoms with van der Waals surface area (Å²) in [6.07, 6.45) is -0.200. The monoisotopic (exact) mass is 255 g/mol. The predicted octanol–water partition coefficient (Wildman–Crippen LogP) is 3.10. The van der Waals surface area contributed by atoms with Crippen molar-refractivity contribution in [3.05, 3.63) is 29.8 Å². The predicted molar refractivity (Wildman–Crippen MR) is 67.1 cm³/mol. The van der Waals surface area contributed by atoms with Crippen LogP contribution in [0.15, 0.2) is 24.3 Å². The Morgan fingerprint density at radius 3 is 2.17 bits per heavy atom. The maximum absolute atomic E-state index is 13.1. The van der Waals surface area contributed by atoms with Crippen molar-refractivity contribution in [3.63, 3.8) is 0 Å². The molecule has 0 atom stereocenters. The summed E-state index contributed by atoms with van der Waals surface area (Å²) in [5.41, 5.74) is 6.00. The zero-order chi connectivity index (χ0) is 13.4. The average Bonchev–Trinajstić information content (AvgIpc) is 2.25. The highest BCUT2D eigenvalue weighted by Gasteiger charge is 2.56. The van der Waals surface area contributed by atoms with E-state index in [0.29, 0.717) is 0 Å². The molecule has 1 aliphatic rings. The smallest absolute Gasteiger partial charge is 0.250 e. The van der Waals surface area contributed by atoms with Gasteiger partial charge in [-0.15, -0.1) is 0 Å². The van der Waals surface area contributed by atoms with Gasteiger partial charge in [-0.25, -0.2) is 8.78 Å². The first kappa shape index (κ1) is 13.3. The molecule has 0 aliphatic heterocycles. The van der Waals surface area contributed by atoms with Gasteiger partial charge in [-0.2, -0.15) is 0 Å². The van der Waals surface area contributed by atoms with E-state index in [0.717, 1.165) is 11.3 Å². The van der Waals surface area contributed by atoms with Crippen LogP contribution in [0, 0.1) is 0 Å². The molecule has 0 unspecified atom stereocenters. The molecule has 1 aromatic rings. The Bertz CT molecular complexity index is 406. The first-order valence-corrected chi connectivity index (χ1v) is 6.22. The standard InChI is InChI=1S/C14H19F2NO/c1-10(2)18-12-5-3-11(4-6-12)13(9-17)7-14(15,16)8-13/h3-6,10H,7-9,17H2,1-2H3. The van der Waals surface area contributed by atoms with Crippen molar-refractivity contribution in [3.8, 4) is 5.75 Å². The van der Waals surface area contributed by atoms with E-state index in [1.165, 1.54) is 0 Å². The third-order valence-corrected chi connectivity index (χ3v) is 3.42. The molecule has 1 saturated carbocycles. The first-order chi connectivity index (χ1) is 8.37. The van der Waals surface area contributed by atoms with Crippen molar-refractivity contribution < 1.29 is 13.5 Å². The number of ether oxygens (including phenoxy) is 1. The highest BCUT2D eigenvalue weighted by molar-refractivity contribution is 5.36. The largest absolute Gasteiger partial charge is 0.491 e. The van der Waals surface area contributed by atoms with Gasteiger partial charge in [0.25, 0.3) is 0 Å². The van der Waals surface area contributed by atoms with Crippen molar-refractivity contribution in [2.24, 2.45) is 5.73 Å². The third-order valence-electron chi connectivity index (χ3n) is 3.42. The van der Waals surface area contributed by atoms with Gasteiger partial charge in [0.2, 0.25) is 5.92 Å². The Labute approximate surface area is 106 Å². The second-order valence-corrected chi connectivity index (χ2v) is 5.38. The van der Waals surface area contributed by atoms with Crippen LogP contribution in [0.1, 0.15) is 32.3 Å². The summed E-state index contributed by atoms with van der Waals surface area (Å²) in [6.45, 7) is 4.15. The van der Waals surface area contributed by atoms with E-state index < -0.39 is 11.3 Å². The molecule has 0 aromatic heterocycles. The van der Waals surface area contributed by atoms with Gasteiger partial charge < -0.3 is 10.5 Å². The van der Waals surface area contributed by atoms with Crippen LogP contribution < -0.4 is 10.5 Å². The van der Waals surface area contributed by atoms with Crippen molar-refractivity contribution in [2.45, 2.75) is 44.1 Å². The molecule has 0 radical (unpaired) electrons. The number of hydrogen-bond acceptors (Lipinski definition) is 2. The first-order valence-electron chi connectivity index (χ1n) is 6.22. The van der Waals surface area contributed by atoms with E-state index in [9.17, 15) is 8.78 Å². The molecule has 18 heavy (non-hydrogen) atoms. The summed E-state index contributed by atoms with van der Waals surface area (Å²) in [5.74, 6) is -1.81. The Morgan fingerprint density at radius 1 is 1.22 bits per heavy atom. The van der Waals surface area contributed by atoms with Crippen molar-refractivity contribution >= 4 is 0 Å². The average molecular weight is 255 g/mol. The topological polar surface area (TPSA) is 35.2 Å². The zero-order valence-corrected chi connectivity index (χ0v) is 10.7. The number of nitrogens with two attached hydrogens (primary N) is 1. The highest BCUT2D eigenvalue weighted by atomic mass is 19.3. The van der Waals surface area contributed by atoms with Crippen molar-refractivity contribution in [1.82, 2.24) is 0 Å².